The van der Waals surface area contributed by atoms with Gasteiger partial charge in [0.05, 0.1) is 5.69 Å². The normalized spacial score (nSPS) is 15.2. The Morgan fingerprint density at radius 1 is 1.35 bits per heavy atom. The number of carbonyl (C=O) groups excluding carboxylic acids is 1. The van der Waals surface area contributed by atoms with Gasteiger partial charge in [0.25, 0.3) is 5.91 Å². The number of benzene rings is 1. The van der Waals surface area contributed by atoms with Crippen molar-refractivity contribution >= 4 is 11.6 Å². The first-order valence-corrected chi connectivity index (χ1v) is 7.54. The van der Waals surface area contributed by atoms with Gasteiger partial charge in [-0.15, -0.1) is 0 Å². The molecule has 0 aliphatic carbocycles. The van der Waals surface area contributed by atoms with Gasteiger partial charge in [-0.05, 0) is 30.7 Å². The van der Waals surface area contributed by atoms with Crippen LogP contribution in [0.25, 0.3) is 0 Å². The highest BCUT2D eigenvalue weighted by Crippen LogP contribution is 2.31. The number of hydrogen-bond donors (Lipinski definition) is 2. The predicted molar refractivity (Wildman–Crippen MR) is 81.1 cm³/mol. The second kappa shape index (κ2) is 7.29. The summed E-state index contributed by atoms with van der Waals surface area (Å²) < 4.78 is 5.40. The third-order valence-corrected chi connectivity index (χ3v) is 3.59. The minimum absolute atomic E-state index is 0.0827. The first kappa shape index (κ1) is 14.9. The van der Waals surface area contributed by atoms with Crippen LogP contribution in [0.15, 0.2) is 18.2 Å². The maximum atomic E-state index is 11.4. The van der Waals surface area contributed by atoms with Crippen molar-refractivity contribution < 1.29 is 9.53 Å². The summed E-state index contributed by atoms with van der Waals surface area (Å²) >= 11 is 0. The SMILES string of the molecule is CCCCCC(NCC)c1ccc2c(c1)NC(=O)CO2. The van der Waals surface area contributed by atoms with Crippen LogP contribution in [0.1, 0.15) is 51.1 Å². The van der Waals surface area contributed by atoms with Crippen LogP contribution in [0.3, 0.4) is 0 Å². The molecule has 1 amide bonds. The van der Waals surface area contributed by atoms with Gasteiger partial charge < -0.3 is 15.4 Å². The van der Waals surface area contributed by atoms with E-state index in [9.17, 15) is 4.79 Å². The van der Waals surface area contributed by atoms with Crippen molar-refractivity contribution in [2.24, 2.45) is 0 Å². The second-order valence-electron chi connectivity index (χ2n) is 5.20. The Morgan fingerprint density at radius 3 is 2.95 bits per heavy atom. The molecule has 0 saturated heterocycles. The molecule has 0 bridgehead atoms. The van der Waals surface area contributed by atoms with E-state index in [-0.39, 0.29) is 12.5 Å². The van der Waals surface area contributed by atoms with Gasteiger partial charge in [0, 0.05) is 6.04 Å². The Labute approximate surface area is 120 Å². The van der Waals surface area contributed by atoms with E-state index in [1.54, 1.807) is 0 Å². The molecular weight excluding hydrogens is 252 g/mol. The lowest BCUT2D eigenvalue weighted by molar-refractivity contribution is -0.118. The number of carbonyl (C=O) groups is 1. The second-order valence-corrected chi connectivity index (χ2v) is 5.20. The molecule has 20 heavy (non-hydrogen) atoms. The fourth-order valence-corrected chi connectivity index (χ4v) is 2.55. The monoisotopic (exact) mass is 276 g/mol. The summed E-state index contributed by atoms with van der Waals surface area (Å²) in [6, 6.07) is 6.42. The smallest absolute Gasteiger partial charge is 0.262 e. The number of rotatable bonds is 7. The minimum atomic E-state index is -0.0827. The molecule has 1 aliphatic heterocycles. The summed E-state index contributed by atoms with van der Waals surface area (Å²) in [6.45, 7) is 5.39. The van der Waals surface area contributed by atoms with Gasteiger partial charge in [0.2, 0.25) is 0 Å². The average molecular weight is 276 g/mol. The van der Waals surface area contributed by atoms with E-state index in [2.05, 4.69) is 30.5 Å². The highest BCUT2D eigenvalue weighted by Gasteiger charge is 2.18. The van der Waals surface area contributed by atoms with Gasteiger partial charge in [-0.1, -0.05) is 39.2 Å². The topological polar surface area (TPSA) is 50.4 Å². The van der Waals surface area contributed by atoms with E-state index in [1.165, 1.54) is 24.8 Å². The van der Waals surface area contributed by atoms with E-state index in [4.69, 9.17) is 4.74 Å². The number of amides is 1. The zero-order valence-electron chi connectivity index (χ0n) is 12.4. The van der Waals surface area contributed by atoms with Crippen molar-refractivity contribution in [3.05, 3.63) is 23.8 Å². The maximum absolute atomic E-state index is 11.4. The Hall–Kier alpha value is -1.55. The molecule has 1 aliphatic rings. The summed E-state index contributed by atoms with van der Waals surface area (Å²) in [5.41, 5.74) is 2.00. The molecule has 110 valence electrons. The highest BCUT2D eigenvalue weighted by atomic mass is 16.5. The molecule has 1 aromatic carbocycles. The number of anilines is 1. The molecule has 0 saturated carbocycles. The van der Waals surface area contributed by atoms with Crippen LogP contribution in [0.5, 0.6) is 5.75 Å². The lowest BCUT2D eigenvalue weighted by atomic mass is 9.99. The predicted octanol–water partition coefficient (Wildman–Crippen LogP) is 3.25. The molecule has 0 fully saturated rings. The van der Waals surface area contributed by atoms with Crippen LogP contribution in [-0.4, -0.2) is 19.1 Å². The molecule has 2 rings (SSSR count). The molecule has 0 spiro atoms. The third-order valence-electron chi connectivity index (χ3n) is 3.59. The largest absolute Gasteiger partial charge is 0.482 e. The molecule has 1 atom stereocenters. The third kappa shape index (κ3) is 3.73. The van der Waals surface area contributed by atoms with Crippen LogP contribution in [0, 0.1) is 0 Å². The highest BCUT2D eigenvalue weighted by molar-refractivity contribution is 5.95. The fraction of sp³-hybridized carbons (Fsp3) is 0.562. The summed E-state index contributed by atoms with van der Waals surface area (Å²) in [4.78, 5) is 11.4. The molecule has 0 aromatic heterocycles. The lowest BCUT2D eigenvalue weighted by Crippen LogP contribution is -2.26. The number of fused-ring (bicyclic) bond motifs is 1. The first-order chi connectivity index (χ1) is 9.74. The average Bonchev–Trinajstić information content (AvgIpc) is 2.46. The van der Waals surface area contributed by atoms with E-state index >= 15 is 0 Å². The quantitative estimate of drug-likeness (QED) is 0.752. The first-order valence-electron chi connectivity index (χ1n) is 7.54. The van der Waals surface area contributed by atoms with Crippen LogP contribution in [-0.2, 0) is 4.79 Å². The van der Waals surface area contributed by atoms with Crippen molar-refractivity contribution in [3.8, 4) is 5.75 Å². The summed E-state index contributed by atoms with van der Waals surface area (Å²) in [5.74, 6) is 0.679. The molecule has 0 radical (unpaired) electrons. The number of hydrogen-bond acceptors (Lipinski definition) is 3. The number of unbranched alkanes of at least 4 members (excludes halogenated alkanes) is 2. The molecule has 4 heteroatoms. The number of nitrogens with one attached hydrogen (secondary N) is 2. The van der Waals surface area contributed by atoms with Crippen LogP contribution < -0.4 is 15.4 Å². The fourth-order valence-electron chi connectivity index (χ4n) is 2.55. The van der Waals surface area contributed by atoms with Crippen molar-refractivity contribution in [1.29, 1.82) is 0 Å². The van der Waals surface area contributed by atoms with Gasteiger partial charge in [0.15, 0.2) is 6.61 Å². The Kier molecular flexibility index (Phi) is 5.41. The Morgan fingerprint density at radius 2 is 2.20 bits per heavy atom. The van der Waals surface area contributed by atoms with Crippen molar-refractivity contribution in [2.75, 3.05) is 18.5 Å². The minimum Gasteiger partial charge on any atom is -0.482 e. The van der Waals surface area contributed by atoms with E-state index in [0.29, 0.717) is 6.04 Å². The maximum Gasteiger partial charge on any atom is 0.262 e. The summed E-state index contributed by atoms with van der Waals surface area (Å²) in [6.07, 6.45) is 4.82. The Bertz CT molecular complexity index is 460. The molecular formula is C16H24N2O2. The van der Waals surface area contributed by atoms with Gasteiger partial charge in [-0.2, -0.15) is 0 Å². The van der Waals surface area contributed by atoms with E-state index in [1.807, 2.05) is 12.1 Å². The van der Waals surface area contributed by atoms with Crippen molar-refractivity contribution in [3.63, 3.8) is 0 Å². The molecule has 1 heterocycles. The zero-order valence-corrected chi connectivity index (χ0v) is 12.4. The molecule has 1 aromatic rings. The van der Waals surface area contributed by atoms with Crippen LogP contribution >= 0.6 is 0 Å². The van der Waals surface area contributed by atoms with Gasteiger partial charge >= 0.3 is 0 Å². The van der Waals surface area contributed by atoms with Gasteiger partial charge in [0.1, 0.15) is 5.75 Å². The molecule has 4 nitrogen and oxygen atoms in total. The molecule has 1 unspecified atom stereocenters. The van der Waals surface area contributed by atoms with E-state index in [0.717, 1.165) is 24.4 Å². The summed E-state index contributed by atoms with van der Waals surface area (Å²) in [5, 5.41) is 6.40. The van der Waals surface area contributed by atoms with E-state index < -0.39 is 0 Å². The zero-order chi connectivity index (χ0) is 14.4. The molecule has 2 N–H and O–H groups in total. The summed E-state index contributed by atoms with van der Waals surface area (Å²) in [7, 11) is 0. The van der Waals surface area contributed by atoms with Crippen molar-refractivity contribution in [2.45, 2.75) is 45.6 Å². The van der Waals surface area contributed by atoms with Gasteiger partial charge in [-0.25, -0.2) is 0 Å². The lowest BCUT2D eigenvalue weighted by Gasteiger charge is -2.22. The number of ether oxygens (including phenoxy) is 1. The Balaban J connectivity index is 2.11. The van der Waals surface area contributed by atoms with Crippen molar-refractivity contribution in [1.82, 2.24) is 5.32 Å². The van der Waals surface area contributed by atoms with Crippen LogP contribution in [0.2, 0.25) is 0 Å². The standard InChI is InChI=1S/C16H24N2O2/c1-3-5-6-7-13(17-4-2)12-8-9-15-14(10-12)18-16(19)11-20-15/h8-10,13,17H,3-7,11H2,1-2H3,(H,18,19). The van der Waals surface area contributed by atoms with Crippen LogP contribution in [0.4, 0.5) is 5.69 Å². The van der Waals surface area contributed by atoms with Gasteiger partial charge in [-0.3, -0.25) is 4.79 Å².